The van der Waals surface area contributed by atoms with E-state index in [2.05, 4.69) is 11.4 Å². The summed E-state index contributed by atoms with van der Waals surface area (Å²) in [6, 6.07) is 7.20. The van der Waals surface area contributed by atoms with E-state index >= 15 is 0 Å². The number of halogens is 2. The van der Waals surface area contributed by atoms with E-state index < -0.39 is 11.6 Å². The molecular weight excluding hydrogens is 266 g/mol. The lowest BCUT2D eigenvalue weighted by Crippen LogP contribution is -2.18. The van der Waals surface area contributed by atoms with Crippen molar-refractivity contribution < 1.29 is 8.78 Å². The molecule has 1 heterocycles. The minimum Gasteiger partial charge on any atom is -0.305 e. The maximum Gasteiger partial charge on any atom is 0.130 e. The van der Waals surface area contributed by atoms with E-state index in [4.69, 9.17) is 5.26 Å². The lowest BCUT2D eigenvalue weighted by molar-refractivity contribution is 0.519. The molecular formula is C14H12F2N2S. The minimum atomic E-state index is -0.578. The van der Waals surface area contributed by atoms with Crippen molar-refractivity contribution in [1.82, 2.24) is 5.32 Å². The lowest BCUT2D eigenvalue weighted by atomic mass is 10.1. The molecule has 0 amide bonds. The van der Waals surface area contributed by atoms with Crippen LogP contribution in [0.3, 0.4) is 0 Å². The Hall–Kier alpha value is -1.77. The van der Waals surface area contributed by atoms with Gasteiger partial charge in [0.15, 0.2) is 0 Å². The van der Waals surface area contributed by atoms with Crippen molar-refractivity contribution in [2.45, 2.75) is 19.5 Å². The predicted molar refractivity (Wildman–Crippen MR) is 70.6 cm³/mol. The quantitative estimate of drug-likeness (QED) is 0.924. The van der Waals surface area contributed by atoms with E-state index in [1.807, 2.05) is 6.92 Å². The Bertz CT molecular complexity index is 616. The second kappa shape index (κ2) is 5.91. The van der Waals surface area contributed by atoms with Gasteiger partial charge in [-0.3, -0.25) is 0 Å². The highest BCUT2D eigenvalue weighted by atomic mass is 32.1. The molecule has 1 aromatic carbocycles. The molecule has 0 bridgehead atoms. The van der Waals surface area contributed by atoms with Gasteiger partial charge in [-0.15, -0.1) is 11.3 Å². The third kappa shape index (κ3) is 3.37. The largest absolute Gasteiger partial charge is 0.305 e. The Labute approximate surface area is 114 Å². The summed E-state index contributed by atoms with van der Waals surface area (Å²) in [6.07, 6.45) is 0. The van der Waals surface area contributed by atoms with Crippen molar-refractivity contribution >= 4 is 11.3 Å². The molecule has 1 aromatic heterocycles. The van der Waals surface area contributed by atoms with Gasteiger partial charge < -0.3 is 5.32 Å². The van der Waals surface area contributed by atoms with Crippen LogP contribution in [0.25, 0.3) is 0 Å². The summed E-state index contributed by atoms with van der Waals surface area (Å²) in [6.45, 7) is 2.36. The molecule has 1 atom stereocenters. The Balaban J connectivity index is 2.01. The molecule has 1 N–H and O–H groups in total. The van der Waals surface area contributed by atoms with Crippen molar-refractivity contribution in [2.75, 3.05) is 0 Å². The predicted octanol–water partition coefficient (Wildman–Crippen LogP) is 3.75. The zero-order valence-corrected chi connectivity index (χ0v) is 11.1. The van der Waals surface area contributed by atoms with Crippen LogP contribution in [0.4, 0.5) is 8.78 Å². The first-order chi connectivity index (χ1) is 9.10. The van der Waals surface area contributed by atoms with Crippen LogP contribution in [0.1, 0.15) is 29.0 Å². The first-order valence-corrected chi connectivity index (χ1v) is 6.64. The summed E-state index contributed by atoms with van der Waals surface area (Å²) in [5.74, 6) is -1.13. The van der Waals surface area contributed by atoms with Crippen LogP contribution in [-0.2, 0) is 6.54 Å². The molecule has 0 aliphatic carbocycles. The van der Waals surface area contributed by atoms with Crippen molar-refractivity contribution in [3.8, 4) is 6.07 Å². The monoisotopic (exact) mass is 278 g/mol. The highest BCUT2D eigenvalue weighted by Crippen LogP contribution is 2.19. The molecule has 2 nitrogen and oxygen atoms in total. The Morgan fingerprint density at radius 1 is 1.37 bits per heavy atom. The Morgan fingerprint density at radius 2 is 2.16 bits per heavy atom. The van der Waals surface area contributed by atoms with Crippen molar-refractivity contribution in [1.29, 1.82) is 5.26 Å². The van der Waals surface area contributed by atoms with Gasteiger partial charge >= 0.3 is 0 Å². The van der Waals surface area contributed by atoms with Crippen molar-refractivity contribution in [2.24, 2.45) is 0 Å². The minimum absolute atomic E-state index is 0.228. The lowest BCUT2D eigenvalue weighted by Gasteiger charge is -2.14. The highest BCUT2D eigenvalue weighted by Gasteiger charge is 2.11. The first kappa shape index (κ1) is 13.7. The molecule has 0 fully saturated rings. The average Bonchev–Trinajstić information content (AvgIpc) is 2.84. The second-order valence-electron chi connectivity index (χ2n) is 4.18. The molecule has 1 unspecified atom stereocenters. The van der Waals surface area contributed by atoms with Crippen LogP contribution in [0.5, 0.6) is 0 Å². The average molecular weight is 278 g/mol. The molecule has 5 heteroatoms. The van der Waals surface area contributed by atoms with Gasteiger partial charge in [-0.05, 0) is 19.1 Å². The van der Waals surface area contributed by atoms with E-state index in [9.17, 15) is 8.78 Å². The number of rotatable bonds is 4. The highest BCUT2D eigenvalue weighted by molar-refractivity contribution is 7.10. The molecule has 0 aliphatic heterocycles. The number of thiophene rings is 1. The van der Waals surface area contributed by atoms with Gasteiger partial charge in [0.05, 0.1) is 5.56 Å². The van der Waals surface area contributed by atoms with Crippen LogP contribution < -0.4 is 5.32 Å². The van der Waals surface area contributed by atoms with Gasteiger partial charge in [-0.25, -0.2) is 8.78 Å². The third-order valence-corrected chi connectivity index (χ3v) is 3.73. The van der Waals surface area contributed by atoms with E-state index in [-0.39, 0.29) is 6.04 Å². The van der Waals surface area contributed by atoms with Crippen LogP contribution in [0, 0.1) is 23.0 Å². The molecule has 2 aromatic rings. The van der Waals surface area contributed by atoms with Gasteiger partial charge in [-0.2, -0.15) is 5.26 Å². The molecule has 0 spiro atoms. The molecule has 0 saturated carbocycles. The zero-order valence-electron chi connectivity index (χ0n) is 10.3. The molecule has 0 saturated heterocycles. The fourth-order valence-electron chi connectivity index (χ4n) is 1.75. The summed E-state index contributed by atoms with van der Waals surface area (Å²) in [5, 5.41) is 13.6. The number of hydrogen-bond acceptors (Lipinski definition) is 3. The summed E-state index contributed by atoms with van der Waals surface area (Å²) in [5.41, 5.74) is 1.06. The molecule has 0 radical (unpaired) electrons. The van der Waals surface area contributed by atoms with E-state index in [1.165, 1.54) is 23.5 Å². The number of nitrogens with zero attached hydrogens (tertiary/aromatic N) is 1. The smallest absolute Gasteiger partial charge is 0.130 e. The van der Waals surface area contributed by atoms with Gasteiger partial charge in [0, 0.05) is 34.5 Å². The number of nitriles is 1. The fraction of sp³-hybridized carbons (Fsp3) is 0.214. The van der Waals surface area contributed by atoms with E-state index in [0.29, 0.717) is 17.7 Å². The standard InChI is InChI=1S/C14H12F2N2S/c1-9(13-3-2-11(15)5-14(13)16)18-7-12-4-10(6-17)8-19-12/h2-5,8-9,18H,7H2,1H3. The van der Waals surface area contributed by atoms with Crippen LogP contribution >= 0.6 is 11.3 Å². The Kier molecular flexibility index (Phi) is 4.25. The molecule has 19 heavy (non-hydrogen) atoms. The number of benzene rings is 1. The topological polar surface area (TPSA) is 35.8 Å². The van der Waals surface area contributed by atoms with E-state index in [0.717, 1.165) is 10.9 Å². The van der Waals surface area contributed by atoms with Gasteiger partial charge in [0.25, 0.3) is 0 Å². The van der Waals surface area contributed by atoms with Crippen LogP contribution in [0.2, 0.25) is 0 Å². The maximum absolute atomic E-state index is 13.6. The number of hydrogen-bond donors (Lipinski definition) is 1. The van der Waals surface area contributed by atoms with Gasteiger partial charge in [-0.1, -0.05) is 6.07 Å². The third-order valence-electron chi connectivity index (χ3n) is 2.79. The first-order valence-electron chi connectivity index (χ1n) is 5.76. The molecule has 2 rings (SSSR count). The molecule has 0 aliphatic rings. The van der Waals surface area contributed by atoms with Crippen molar-refractivity contribution in [3.63, 3.8) is 0 Å². The van der Waals surface area contributed by atoms with Gasteiger partial charge in [0.1, 0.15) is 17.7 Å². The summed E-state index contributed by atoms with van der Waals surface area (Å²) in [7, 11) is 0. The SMILES string of the molecule is CC(NCc1cc(C#N)cs1)c1ccc(F)cc1F. The number of nitrogens with one attached hydrogen (secondary N) is 1. The second-order valence-corrected chi connectivity index (χ2v) is 5.18. The van der Waals surface area contributed by atoms with Crippen molar-refractivity contribution in [3.05, 3.63) is 57.3 Å². The molecule has 98 valence electrons. The van der Waals surface area contributed by atoms with Crippen LogP contribution in [0.15, 0.2) is 29.6 Å². The maximum atomic E-state index is 13.6. The van der Waals surface area contributed by atoms with Gasteiger partial charge in [0.2, 0.25) is 0 Å². The summed E-state index contributed by atoms with van der Waals surface area (Å²) < 4.78 is 26.4. The fourth-order valence-corrected chi connectivity index (χ4v) is 2.51. The Morgan fingerprint density at radius 3 is 2.79 bits per heavy atom. The van der Waals surface area contributed by atoms with Crippen LogP contribution in [-0.4, -0.2) is 0 Å². The summed E-state index contributed by atoms with van der Waals surface area (Å²) in [4.78, 5) is 1.01. The van der Waals surface area contributed by atoms with E-state index in [1.54, 1.807) is 11.4 Å². The summed E-state index contributed by atoms with van der Waals surface area (Å²) >= 11 is 1.48. The zero-order chi connectivity index (χ0) is 13.8. The normalized spacial score (nSPS) is 12.1.